The van der Waals surface area contributed by atoms with Gasteiger partial charge in [-0.2, -0.15) is 0 Å². The number of likely N-dealkylation sites (tertiary alicyclic amines) is 1. The Morgan fingerprint density at radius 2 is 2.00 bits per heavy atom. The van der Waals surface area contributed by atoms with Crippen molar-refractivity contribution in [3.8, 4) is 0 Å². The van der Waals surface area contributed by atoms with E-state index in [-0.39, 0.29) is 6.10 Å². The number of aliphatic hydroxyl groups excluding tert-OH is 1. The maximum atomic E-state index is 9.37. The molecule has 0 amide bonds. The largest absolute Gasteiger partial charge is 0.393 e. The molecule has 1 aliphatic carbocycles. The Morgan fingerprint density at radius 3 is 2.53 bits per heavy atom. The van der Waals surface area contributed by atoms with Crippen LogP contribution in [0.5, 0.6) is 0 Å². The van der Waals surface area contributed by atoms with Gasteiger partial charge in [0.25, 0.3) is 0 Å². The molecule has 3 heteroatoms. The fourth-order valence-electron chi connectivity index (χ4n) is 3.03. The van der Waals surface area contributed by atoms with E-state index in [9.17, 15) is 5.11 Å². The monoisotopic (exact) mass is 213 g/mol. The molecule has 0 radical (unpaired) electrons. The molecule has 0 aromatic rings. The number of rotatable bonds is 4. The van der Waals surface area contributed by atoms with Crippen LogP contribution in [0.1, 0.15) is 32.1 Å². The van der Waals surface area contributed by atoms with Crippen LogP contribution in [-0.4, -0.2) is 49.5 Å². The van der Waals surface area contributed by atoms with Crippen LogP contribution >= 0.6 is 0 Å². The average molecular weight is 213 g/mol. The maximum absolute atomic E-state index is 9.37. The fraction of sp³-hybridized carbons (Fsp3) is 1.00. The van der Waals surface area contributed by atoms with E-state index in [0.29, 0.717) is 5.41 Å². The molecule has 0 unspecified atom stereocenters. The number of methoxy groups -OCH3 is 1. The zero-order chi connectivity index (χ0) is 10.7. The zero-order valence-electron chi connectivity index (χ0n) is 9.74. The molecular formula is C12H23NO2. The molecule has 1 saturated heterocycles. The van der Waals surface area contributed by atoms with Gasteiger partial charge in [0, 0.05) is 20.3 Å². The minimum atomic E-state index is 0.00467. The lowest BCUT2D eigenvalue weighted by Gasteiger charge is -2.50. The van der Waals surface area contributed by atoms with Gasteiger partial charge >= 0.3 is 0 Å². The van der Waals surface area contributed by atoms with E-state index in [0.717, 1.165) is 25.9 Å². The quantitative estimate of drug-likeness (QED) is 0.714. The highest BCUT2D eigenvalue weighted by molar-refractivity contribution is 4.96. The predicted molar refractivity (Wildman–Crippen MR) is 59.8 cm³/mol. The molecule has 1 heterocycles. The van der Waals surface area contributed by atoms with E-state index in [4.69, 9.17) is 4.74 Å². The second-order valence-corrected chi connectivity index (χ2v) is 5.25. The summed E-state index contributed by atoms with van der Waals surface area (Å²) < 4.78 is 5.06. The van der Waals surface area contributed by atoms with Gasteiger partial charge in [0.05, 0.1) is 6.10 Å². The first-order chi connectivity index (χ1) is 7.24. The molecule has 1 N–H and O–H groups in total. The fourth-order valence-corrected chi connectivity index (χ4v) is 3.03. The van der Waals surface area contributed by atoms with E-state index in [1.807, 2.05) is 0 Å². The summed E-state index contributed by atoms with van der Waals surface area (Å²) in [6.07, 6.45) is 5.84. The molecule has 2 aliphatic rings. The Kier molecular flexibility index (Phi) is 3.65. The van der Waals surface area contributed by atoms with Crippen molar-refractivity contribution in [1.29, 1.82) is 0 Å². The summed E-state index contributed by atoms with van der Waals surface area (Å²) in [6.45, 7) is 4.49. The van der Waals surface area contributed by atoms with Gasteiger partial charge in [0.15, 0.2) is 0 Å². The van der Waals surface area contributed by atoms with Crippen LogP contribution < -0.4 is 0 Å². The van der Waals surface area contributed by atoms with E-state index in [1.54, 1.807) is 7.11 Å². The Bertz CT molecular complexity index is 192. The van der Waals surface area contributed by atoms with Crippen molar-refractivity contribution in [3.63, 3.8) is 0 Å². The SMILES string of the molecule is COCCCN1CCC2(CC1)CC(O)C2. The summed E-state index contributed by atoms with van der Waals surface area (Å²) in [5.74, 6) is 0. The zero-order valence-corrected chi connectivity index (χ0v) is 9.74. The van der Waals surface area contributed by atoms with Gasteiger partial charge in [-0.15, -0.1) is 0 Å². The summed E-state index contributed by atoms with van der Waals surface area (Å²) in [7, 11) is 1.76. The Labute approximate surface area is 92.4 Å². The van der Waals surface area contributed by atoms with Crippen LogP contribution in [0.15, 0.2) is 0 Å². The maximum Gasteiger partial charge on any atom is 0.0550 e. The standard InChI is InChI=1S/C12H23NO2/c1-15-8-2-5-13-6-3-12(4-7-13)9-11(14)10-12/h11,14H,2-10H2,1H3. The lowest BCUT2D eigenvalue weighted by Crippen LogP contribution is -2.49. The lowest BCUT2D eigenvalue weighted by molar-refractivity contribution is -0.0683. The second-order valence-electron chi connectivity index (χ2n) is 5.25. The van der Waals surface area contributed by atoms with Gasteiger partial charge in [-0.1, -0.05) is 0 Å². The van der Waals surface area contributed by atoms with E-state index < -0.39 is 0 Å². The first kappa shape index (κ1) is 11.4. The smallest absolute Gasteiger partial charge is 0.0550 e. The summed E-state index contributed by atoms with van der Waals surface area (Å²) in [5, 5.41) is 9.37. The van der Waals surface area contributed by atoms with Gasteiger partial charge in [-0.25, -0.2) is 0 Å². The second kappa shape index (κ2) is 4.81. The highest BCUT2D eigenvalue weighted by atomic mass is 16.5. The first-order valence-corrected chi connectivity index (χ1v) is 6.13. The number of piperidine rings is 1. The normalized spacial score (nSPS) is 26.8. The molecular weight excluding hydrogens is 190 g/mol. The number of hydrogen-bond donors (Lipinski definition) is 1. The first-order valence-electron chi connectivity index (χ1n) is 6.13. The van der Waals surface area contributed by atoms with Gasteiger partial charge in [0.2, 0.25) is 0 Å². The molecule has 1 spiro atoms. The van der Waals surface area contributed by atoms with Crippen molar-refractivity contribution in [2.45, 2.75) is 38.2 Å². The third-order valence-electron chi connectivity index (χ3n) is 4.08. The van der Waals surface area contributed by atoms with Gasteiger partial charge in [0.1, 0.15) is 0 Å². The van der Waals surface area contributed by atoms with Gasteiger partial charge in [-0.3, -0.25) is 0 Å². The van der Waals surface area contributed by atoms with Crippen molar-refractivity contribution >= 4 is 0 Å². The molecule has 0 atom stereocenters. The van der Waals surface area contributed by atoms with Crippen molar-refractivity contribution in [1.82, 2.24) is 4.90 Å². The van der Waals surface area contributed by atoms with Gasteiger partial charge in [-0.05, 0) is 50.6 Å². The van der Waals surface area contributed by atoms with Crippen LogP contribution in [0.3, 0.4) is 0 Å². The van der Waals surface area contributed by atoms with Crippen molar-refractivity contribution < 1.29 is 9.84 Å². The van der Waals surface area contributed by atoms with Crippen LogP contribution in [-0.2, 0) is 4.74 Å². The third-order valence-corrected chi connectivity index (χ3v) is 4.08. The molecule has 2 rings (SSSR count). The highest BCUT2D eigenvalue weighted by Crippen LogP contribution is 2.48. The van der Waals surface area contributed by atoms with Crippen LogP contribution in [0, 0.1) is 5.41 Å². The lowest BCUT2D eigenvalue weighted by atomic mass is 9.61. The molecule has 3 nitrogen and oxygen atoms in total. The molecule has 1 aliphatic heterocycles. The average Bonchev–Trinajstić information content (AvgIpc) is 2.19. The summed E-state index contributed by atoms with van der Waals surface area (Å²) >= 11 is 0. The Morgan fingerprint density at radius 1 is 1.33 bits per heavy atom. The van der Waals surface area contributed by atoms with Crippen LogP contribution in [0.4, 0.5) is 0 Å². The van der Waals surface area contributed by atoms with E-state index in [1.165, 1.54) is 32.5 Å². The number of aliphatic hydroxyl groups is 1. The molecule has 0 aromatic heterocycles. The molecule has 15 heavy (non-hydrogen) atoms. The molecule has 2 fully saturated rings. The minimum absolute atomic E-state index is 0.00467. The summed E-state index contributed by atoms with van der Waals surface area (Å²) in [4.78, 5) is 2.54. The van der Waals surface area contributed by atoms with Gasteiger partial charge < -0.3 is 14.7 Å². The molecule has 88 valence electrons. The topological polar surface area (TPSA) is 32.7 Å². The molecule has 0 bridgehead atoms. The highest BCUT2D eigenvalue weighted by Gasteiger charge is 2.44. The number of ether oxygens (including phenoxy) is 1. The molecule has 1 saturated carbocycles. The van der Waals surface area contributed by atoms with Crippen molar-refractivity contribution in [2.24, 2.45) is 5.41 Å². The summed E-state index contributed by atoms with van der Waals surface area (Å²) in [6, 6.07) is 0. The molecule has 0 aromatic carbocycles. The van der Waals surface area contributed by atoms with Crippen molar-refractivity contribution in [2.75, 3.05) is 33.4 Å². The van der Waals surface area contributed by atoms with Crippen LogP contribution in [0.2, 0.25) is 0 Å². The van der Waals surface area contributed by atoms with Crippen LogP contribution in [0.25, 0.3) is 0 Å². The number of hydrogen-bond acceptors (Lipinski definition) is 3. The Balaban J connectivity index is 1.64. The number of nitrogens with zero attached hydrogens (tertiary/aromatic N) is 1. The minimum Gasteiger partial charge on any atom is -0.393 e. The van der Waals surface area contributed by atoms with E-state index >= 15 is 0 Å². The van der Waals surface area contributed by atoms with E-state index in [2.05, 4.69) is 4.90 Å². The summed E-state index contributed by atoms with van der Waals surface area (Å²) in [5.41, 5.74) is 0.525. The van der Waals surface area contributed by atoms with Crippen molar-refractivity contribution in [3.05, 3.63) is 0 Å². The Hall–Kier alpha value is -0.120. The predicted octanol–water partition coefficient (Wildman–Crippen LogP) is 1.26. The third kappa shape index (κ3) is 2.71.